The summed E-state index contributed by atoms with van der Waals surface area (Å²) in [5.74, 6) is 0.793. The highest BCUT2D eigenvalue weighted by atomic mass is 16.1. The number of nitrogens with zero attached hydrogens (tertiary/aromatic N) is 3. The molecule has 0 aliphatic heterocycles. The summed E-state index contributed by atoms with van der Waals surface area (Å²) in [4.78, 5) is 15.7. The number of carbonyl (C=O) groups excluding carboxylic acids is 1. The maximum Gasteiger partial charge on any atom is 0.222 e. The van der Waals surface area contributed by atoms with Crippen molar-refractivity contribution >= 4 is 5.91 Å². The maximum atomic E-state index is 11.5. The highest BCUT2D eigenvalue weighted by molar-refractivity contribution is 5.77. The van der Waals surface area contributed by atoms with Crippen molar-refractivity contribution in [3.8, 4) is 5.82 Å². The van der Waals surface area contributed by atoms with Crippen LogP contribution in [0.4, 0.5) is 0 Å². The number of aromatic nitrogens is 3. The lowest BCUT2D eigenvalue weighted by molar-refractivity contribution is -0.124. The first-order chi connectivity index (χ1) is 8.66. The summed E-state index contributed by atoms with van der Waals surface area (Å²) in [5.41, 5.74) is 1.00. The zero-order valence-corrected chi connectivity index (χ0v) is 10.5. The van der Waals surface area contributed by atoms with E-state index in [1.54, 1.807) is 17.1 Å². The molecule has 2 aromatic rings. The molecule has 2 heterocycles. The summed E-state index contributed by atoms with van der Waals surface area (Å²) < 4.78 is 1.69. The second-order valence-electron chi connectivity index (χ2n) is 4.35. The third-order valence-corrected chi connectivity index (χ3v) is 2.54. The Hall–Kier alpha value is -2.17. The highest BCUT2D eigenvalue weighted by Gasteiger charge is 2.06. The highest BCUT2D eigenvalue weighted by Crippen LogP contribution is 2.06. The molecule has 5 heteroatoms. The summed E-state index contributed by atoms with van der Waals surface area (Å²) in [6.07, 6.45) is 5.25. The molecule has 0 aliphatic carbocycles. The van der Waals surface area contributed by atoms with E-state index in [1.807, 2.05) is 38.2 Å². The van der Waals surface area contributed by atoms with Crippen molar-refractivity contribution in [3.63, 3.8) is 0 Å². The van der Waals surface area contributed by atoms with Crippen LogP contribution in [0.1, 0.15) is 19.4 Å². The minimum atomic E-state index is -0.00239. The number of carbonyl (C=O) groups is 1. The minimum absolute atomic E-state index is 0.00239. The van der Waals surface area contributed by atoms with Crippen molar-refractivity contribution in [2.45, 2.75) is 20.4 Å². The summed E-state index contributed by atoms with van der Waals surface area (Å²) >= 11 is 0. The lowest BCUT2D eigenvalue weighted by Gasteiger charge is -2.08. The Kier molecular flexibility index (Phi) is 3.72. The SMILES string of the molecule is CC(C)C(=O)NCc1ccnc(-n2cccn2)c1. The van der Waals surface area contributed by atoms with Crippen LogP contribution in [0.15, 0.2) is 36.8 Å². The predicted octanol–water partition coefficient (Wildman–Crippen LogP) is 1.54. The average molecular weight is 244 g/mol. The van der Waals surface area contributed by atoms with Crippen LogP contribution in [0.2, 0.25) is 0 Å². The van der Waals surface area contributed by atoms with Crippen molar-refractivity contribution in [1.29, 1.82) is 0 Å². The second-order valence-corrected chi connectivity index (χ2v) is 4.35. The van der Waals surface area contributed by atoms with Crippen LogP contribution in [0, 0.1) is 5.92 Å². The molecule has 0 unspecified atom stereocenters. The summed E-state index contributed by atoms with van der Waals surface area (Å²) in [6.45, 7) is 4.25. The van der Waals surface area contributed by atoms with Gasteiger partial charge in [0.1, 0.15) is 0 Å². The van der Waals surface area contributed by atoms with E-state index in [0.717, 1.165) is 11.4 Å². The van der Waals surface area contributed by atoms with Crippen LogP contribution in [-0.2, 0) is 11.3 Å². The van der Waals surface area contributed by atoms with Gasteiger partial charge >= 0.3 is 0 Å². The van der Waals surface area contributed by atoms with E-state index in [2.05, 4.69) is 15.4 Å². The molecule has 2 aromatic heterocycles. The molecule has 1 amide bonds. The van der Waals surface area contributed by atoms with Crippen molar-refractivity contribution in [2.24, 2.45) is 5.92 Å². The van der Waals surface area contributed by atoms with Gasteiger partial charge in [0.05, 0.1) is 0 Å². The van der Waals surface area contributed by atoms with Gasteiger partial charge < -0.3 is 5.32 Å². The standard InChI is InChI=1S/C13H16N4O/c1-10(2)13(18)15-9-11-4-6-14-12(8-11)17-7-3-5-16-17/h3-8,10H,9H2,1-2H3,(H,15,18). The Balaban J connectivity index is 2.06. The molecule has 94 valence electrons. The first kappa shape index (κ1) is 12.3. The quantitative estimate of drug-likeness (QED) is 0.887. The predicted molar refractivity (Wildman–Crippen MR) is 68.0 cm³/mol. The van der Waals surface area contributed by atoms with Gasteiger partial charge in [0.25, 0.3) is 0 Å². The zero-order valence-electron chi connectivity index (χ0n) is 10.5. The normalized spacial score (nSPS) is 10.6. The van der Waals surface area contributed by atoms with Crippen LogP contribution in [0.25, 0.3) is 5.82 Å². The molecule has 0 saturated heterocycles. The number of nitrogens with one attached hydrogen (secondary N) is 1. The molecule has 0 saturated carbocycles. The first-order valence-corrected chi connectivity index (χ1v) is 5.89. The summed E-state index contributed by atoms with van der Waals surface area (Å²) in [7, 11) is 0. The summed E-state index contributed by atoms with van der Waals surface area (Å²) in [6, 6.07) is 5.64. The van der Waals surface area contributed by atoms with Crippen molar-refractivity contribution in [1.82, 2.24) is 20.1 Å². The number of pyridine rings is 1. The Morgan fingerprint density at radius 2 is 2.28 bits per heavy atom. The molecule has 0 radical (unpaired) electrons. The van der Waals surface area contributed by atoms with Crippen LogP contribution in [-0.4, -0.2) is 20.7 Å². The van der Waals surface area contributed by atoms with Gasteiger partial charge in [0, 0.05) is 31.1 Å². The van der Waals surface area contributed by atoms with E-state index < -0.39 is 0 Å². The van der Waals surface area contributed by atoms with Crippen molar-refractivity contribution in [3.05, 3.63) is 42.4 Å². The molecule has 0 atom stereocenters. The number of rotatable bonds is 4. The fourth-order valence-corrected chi connectivity index (χ4v) is 1.49. The molecular weight excluding hydrogens is 228 g/mol. The van der Waals surface area contributed by atoms with Gasteiger partial charge in [-0.2, -0.15) is 5.10 Å². The topological polar surface area (TPSA) is 59.8 Å². The van der Waals surface area contributed by atoms with Gasteiger partial charge in [-0.15, -0.1) is 0 Å². The van der Waals surface area contributed by atoms with Gasteiger partial charge in [0.15, 0.2) is 5.82 Å². The van der Waals surface area contributed by atoms with Crippen molar-refractivity contribution < 1.29 is 4.79 Å². The molecule has 0 aliphatic rings. The third-order valence-electron chi connectivity index (χ3n) is 2.54. The molecule has 5 nitrogen and oxygen atoms in total. The van der Waals surface area contributed by atoms with Crippen LogP contribution < -0.4 is 5.32 Å². The van der Waals surface area contributed by atoms with Gasteiger partial charge in [-0.25, -0.2) is 9.67 Å². The molecular formula is C13H16N4O. The van der Waals surface area contributed by atoms with E-state index in [-0.39, 0.29) is 11.8 Å². The smallest absolute Gasteiger partial charge is 0.222 e. The van der Waals surface area contributed by atoms with E-state index in [0.29, 0.717) is 6.54 Å². The van der Waals surface area contributed by atoms with Gasteiger partial charge in [-0.1, -0.05) is 13.8 Å². The van der Waals surface area contributed by atoms with Crippen LogP contribution in [0.5, 0.6) is 0 Å². The molecule has 2 rings (SSSR count). The molecule has 1 N–H and O–H groups in total. The largest absolute Gasteiger partial charge is 0.352 e. The first-order valence-electron chi connectivity index (χ1n) is 5.89. The van der Waals surface area contributed by atoms with Crippen LogP contribution in [0.3, 0.4) is 0 Å². The molecule has 18 heavy (non-hydrogen) atoms. The van der Waals surface area contributed by atoms with Gasteiger partial charge in [0.2, 0.25) is 5.91 Å². The lowest BCUT2D eigenvalue weighted by atomic mass is 10.2. The summed E-state index contributed by atoms with van der Waals surface area (Å²) in [5, 5.41) is 6.99. The molecule has 0 bridgehead atoms. The lowest BCUT2D eigenvalue weighted by Crippen LogP contribution is -2.27. The minimum Gasteiger partial charge on any atom is -0.352 e. The van der Waals surface area contributed by atoms with Crippen LogP contribution >= 0.6 is 0 Å². The fraction of sp³-hybridized carbons (Fsp3) is 0.308. The second kappa shape index (κ2) is 5.44. The number of hydrogen-bond donors (Lipinski definition) is 1. The Labute approximate surface area is 106 Å². The van der Waals surface area contributed by atoms with E-state index in [4.69, 9.17) is 0 Å². The fourth-order valence-electron chi connectivity index (χ4n) is 1.49. The Morgan fingerprint density at radius 1 is 1.44 bits per heavy atom. The average Bonchev–Trinajstić information content (AvgIpc) is 2.90. The molecule has 0 fully saturated rings. The maximum absolute atomic E-state index is 11.5. The van der Waals surface area contributed by atoms with E-state index in [1.165, 1.54) is 0 Å². The van der Waals surface area contributed by atoms with Crippen molar-refractivity contribution in [2.75, 3.05) is 0 Å². The third kappa shape index (κ3) is 2.94. The Bertz CT molecular complexity index is 520. The molecule has 0 aromatic carbocycles. The van der Waals surface area contributed by atoms with E-state index in [9.17, 15) is 4.79 Å². The van der Waals surface area contributed by atoms with E-state index >= 15 is 0 Å². The monoisotopic (exact) mass is 244 g/mol. The molecule has 0 spiro atoms. The number of amides is 1. The van der Waals surface area contributed by atoms with Gasteiger partial charge in [-0.3, -0.25) is 4.79 Å². The zero-order chi connectivity index (χ0) is 13.0. The Morgan fingerprint density at radius 3 is 2.94 bits per heavy atom. The number of hydrogen-bond acceptors (Lipinski definition) is 3. The van der Waals surface area contributed by atoms with Gasteiger partial charge in [-0.05, 0) is 23.8 Å².